The third-order valence-corrected chi connectivity index (χ3v) is 4.55. The van der Waals surface area contributed by atoms with Gasteiger partial charge in [-0.15, -0.1) is 0 Å². The summed E-state index contributed by atoms with van der Waals surface area (Å²) in [6.07, 6.45) is 2.29. The lowest BCUT2D eigenvalue weighted by molar-refractivity contribution is -0.384. The predicted octanol–water partition coefficient (Wildman–Crippen LogP) is 2.73. The molecule has 0 fully saturated rings. The van der Waals surface area contributed by atoms with Gasteiger partial charge in [-0.3, -0.25) is 24.3 Å². The zero-order chi connectivity index (χ0) is 23.5. The third-order valence-electron chi connectivity index (χ3n) is 4.55. The number of nitrogens with one attached hydrogen (secondary N) is 1. The molecule has 0 spiro atoms. The van der Waals surface area contributed by atoms with Crippen molar-refractivity contribution in [1.82, 2.24) is 19.3 Å². The van der Waals surface area contributed by atoms with E-state index in [2.05, 4.69) is 20.1 Å². The van der Waals surface area contributed by atoms with Gasteiger partial charge in [0.25, 0.3) is 11.2 Å². The second-order valence-electron chi connectivity index (χ2n) is 6.64. The Kier molecular flexibility index (Phi) is 5.76. The molecular formula is C20H14F2N6O5. The first-order valence-corrected chi connectivity index (χ1v) is 9.36. The summed E-state index contributed by atoms with van der Waals surface area (Å²) in [5, 5.41) is 17.8. The van der Waals surface area contributed by atoms with Gasteiger partial charge in [0.2, 0.25) is 5.91 Å². The minimum Gasteiger partial charge on any atom is -0.433 e. The number of hydrogen-bond acceptors (Lipinski definition) is 7. The standard InChI is InChI=1S/C20H14F2N6O5/c21-20(22)33-16-8-4-1-5-13(16)25-17(29)10-26-11-23-18-12(19(26)30)9-24-27(18)14-6-2-3-7-15(14)28(31)32/h1-9,11,20H,10H2,(H,25,29). The second-order valence-corrected chi connectivity index (χ2v) is 6.64. The van der Waals surface area contributed by atoms with Crippen LogP contribution in [0, 0.1) is 10.1 Å². The summed E-state index contributed by atoms with van der Waals surface area (Å²) in [4.78, 5) is 40.1. The average Bonchev–Trinajstić information content (AvgIpc) is 3.21. The number of nitro benzene ring substituents is 1. The van der Waals surface area contributed by atoms with Gasteiger partial charge in [-0.2, -0.15) is 13.9 Å². The number of alkyl halides is 2. The maximum Gasteiger partial charge on any atom is 0.387 e. The molecule has 0 aliphatic heterocycles. The first kappa shape index (κ1) is 21.5. The van der Waals surface area contributed by atoms with Crippen molar-refractivity contribution in [3.05, 3.63) is 81.5 Å². The van der Waals surface area contributed by atoms with E-state index in [9.17, 15) is 28.5 Å². The number of anilines is 1. The van der Waals surface area contributed by atoms with Gasteiger partial charge in [-0.05, 0) is 18.2 Å². The zero-order valence-corrected chi connectivity index (χ0v) is 16.6. The van der Waals surface area contributed by atoms with E-state index in [-0.39, 0.29) is 33.8 Å². The average molecular weight is 456 g/mol. The largest absolute Gasteiger partial charge is 0.433 e. The van der Waals surface area contributed by atoms with Gasteiger partial charge in [0.1, 0.15) is 29.7 Å². The van der Waals surface area contributed by atoms with Gasteiger partial charge in [0, 0.05) is 6.07 Å². The lowest BCUT2D eigenvalue weighted by Gasteiger charge is -2.12. The number of carbonyl (C=O) groups is 1. The van der Waals surface area contributed by atoms with E-state index in [0.29, 0.717) is 0 Å². The van der Waals surface area contributed by atoms with Crippen LogP contribution in [0.4, 0.5) is 20.2 Å². The first-order chi connectivity index (χ1) is 15.8. The van der Waals surface area contributed by atoms with Crippen LogP contribution in [0.2, 0.25) is 0 Å². The summed E-state index contributed by atoms with van der Waals surface area (Å²) in [5.74, 6) is -0.915. The fourth-order valence-corrected chi connectivity index (χ4v) is 3.15. The molecule has 0 bridgehead atoms. The fraction of sp³-hybridized carbons (Fsp3) is 0.100. The minimum absolute atomic E-state index is 0.00842. The normalized spacial score (nSPS) is 11.0. The Morgan fingerprint density at radius 3 is 2.67 bits per heavy atom. The Bertz CT molecular complexity index is 1420. The molecule has 0 saturated heterocycles. The number of carbonyl (C=O) groups excluding carboxylic acids is 1. The van der Waals surface area contributed by atoms with Gasteiger partial charge in [-0.25, -0.2) is 9.67 Å². The van der Waals surface area contributed by atoms with Crippen molar-refractivity contribution in [1.29, 1.82) is 0 Å². The number of fused-ring (bicyclic) bond motifs is 1. The molecule has 0 aliphatic carbocycles. The van der Waals surface area contributed by atoms with Gasteiger partial charge in [0.15, 0.2) is 5.65 Å². The van der Waals surface area contributed by atoms with Crippen LogP contribution in [-0.4, -0.2) is 36.8 Å². The molecule has 13 heteroatoms. The minimum atomic E-state index is -3.07. The highest BCUT2D eigenvalue weighted by atomic mass is 19.3. The molecule has 2 heterocycles. The van der Waals surface area contributed by atoms with Crippen LogP contribution >= 0.6 is 0 Å². The molecule has 1 N–H and O–H groups in total. The molecule has 33 heavy (non-hydrogen) atoms. The molecule has 168 valence electrons. The lowest BCUT2D eigenvalue weighted by atomic mass is 10.2. The molecule has 11 nitrogen and oxygen atoms in total. The highest BCUT2D eigenvalue weighted by molar-refractivity contribution is 5.92. The molecule has 4 rings (SSSR count). The van der Waals surface area contributed by atoms with Gasteiger partial charge in [-0.1, -0.05) is 24.3 Å². The van der Waals surface area contributed by atoms with E-state index in [0.717, 1.165) is 15.6 Å². The number of benzene rings is 2. The quantitative estimate of drug-likeness (QED) is 0.334. The number of ether oxygens (including phenoxy) is 1. The SMILES string of the molecule is O=C(Cn1cnc2c(cnn2-c2ccccc2[N+](=O)[O-])c1=O)Nc1ccccc1OC(F)F. The maximum absolute atomic E-state index is 12.8. The Labute approximate surface area is 183 Å². The van der Waals surface area contributed by atoms with Gasteiger partial charge < -0.3 is 10.1 Å². The Morgan fingerprint density at radius 1 is 1.18 bits per heavy atom. The zero-order valence-electron chi connectivity index (χ0n) is 16.6. The number of aromatic nitrogens is 4. The monoisotopic (exact) mass is 456 g/mol. The highest BCUT2D eigenvalue weighted by Crippen LogP contribution is 2.26. The molecular weight excluding hydrogens is 442 g/mol. The smallest absolute Gasteiger partial charge is 0.387 e. The van der Waals surface area contributed by atoms with Crippen LogP contribution in [0.15, 0.2) is 65.8 Å². The van der Waals surface area contributed by atoms with Crippen LogP contribution in [0.25, 0.3) is 16.7 Å². The number of para-hydroxylation sites is 4. The molecule has 0 atom stereocenters. The molecule has 0 aliphatic rings. The van der Waals surface area contributed by atoms with E-state index < -0.39 is 29.5 Å². The van der Waals surface area contributed by atoms with Crippen molar-refractivity contribution in [2.45, 2.75) is 13.2 Å². The Balaban J connectivity index is 1.61. The molecule has 0 unspecified atom stereocenters. The summed E-state index contributed by atoms with van der Waals surface area (Å²) in [5.41, 5.74) is -0.638. The predicted molar refractivity (Wildman–Crippen MR) is 111 cm³/mol. The molecule has 2 aromatic heterocycles. The summed E-state index contributed by atoms with van der Waals surface area (Å²) in [6, 6.07) is 11.5. The van der Waals surface area contributed by atoms with Crippen LogP contribution in [0.5, 0.6) is 5.75 Å². The number of halogens is 2. The van der Waals surface area contributed by atoms with Crippen molar-refractivity contribution in [3.8, 4) is 11.4 Å². The van der Waals surface area contributed by atoms with Gasteiger partial charge in [0.05, 0.1) is 16.8 Å². The first-order valence-electron chi connectivity index (χ1n) is 9.36. The topological polar surface area (TPSA) is 134 Å². The van der Waals surface area contributed by atoms with Crippen molar-refractivity contribution in [2.24, 2.45) is 0 Å². The molecule has 1 amide bonds. The van der Waals surface area contributed by atoms with E-state index in [1.165, 1.54) is 48.7 Å². The summed E-state index contributed by atoms with van der Waals surface area (Å²) >= 11 is 0. The second kappa shape index (κ2) is 8.82. The van der Waals surface area contributed by atoms with Crippen molar-refractivity contribution in [3.63, 3.8) is 0 Å². The van der Waals surface area contributed by atoms with Crippen LogP contribution in [-0.2, 0) is 11.3 Å². The van der Waals surface area contributed by atoms with E-state index >= 15 is 0 Å². The fourth-order valence-electron chi connectivity index (χ4n) is 3.15. The van der Waals surface area contributed by atoms with Crippen molar-refractivity contribution in [2.75, 3.05) is 5.32 Å². The molecule has 0 radical (unpaired) electrons. The number of amides is 1. The molecule has 0 saturated carbocycles. The Hall–Kier alpha value is -4.68. The molecule has 4 aromatic rings. The van der Waals surface area contributed by atoms with E-state index in [1.807, 2.05) is 0 Å². The number of nitrogens with zero attached hydrogens (tertiary/aromatic N) is 5. The van der Waals surface area contributed by atoms with Crippen molar-refractivity contribution >= 4 is 28.3 Å². The van der Waals surface area contributed by atoms with Gasteiger partial charge >= 0.3 is 6.61 Å². The van der Waals surface area contributed by atoms with Crippen LogP contribution in [0.1, 0.15) is 0 Å². The number of nitro groups is 1. The third kappa shape index (κ3) is 4.37. The maximum atomic E-state index is 12.8. The number of rotatable bonds is 7. The van der Waals surface area contributed by atoms with Crippen molar-refractivity contribution < 1.29 is 23.2 Å². The summed E-state index contributed by atoms with van der Waals surface area (Å²) in [6.45, 7) is -3.55. The highest BCUT2D eigenvalue weighted by Gasteiger charge is 2.20. The molecule has 2 aromatic carbocycles. The van der Waals surface area contributed by atoms with E-state index in [4.69, 9.17) is 0 Å². The lowest BCUT2D eigenvalue weighted by Crippen LogP contribution is -2.28. The summed E-state index contributed by atoms with van der Waals surface area (Å²) in [7, 11) is 0. The van der Waals surface area contributed by atoms with Crippen LogP contribution in [0.3, 0.4) is 0 Å². The number of hydrogen-bond donors (Lipinski definition) is 1. The Morgan fingerprint density at radius 2 is 1.91 bits per heavy atom. The summed E-state index contributed by atoms with van der Waals surface area (Å²) < 4.78 is 31.6. The van der Waals surface area contributed by atoms with Crippen LogP contribution < -0.4 is 15.6 Å². The van der Waals surface area contributed by atoms with E-state index in [1.54, 1.807) is 6.07 Å².